The van der Waals surface area contributed by atoms with Crippen LogP contribution in [0.5, 0.6) is 0 Å². The van der Waals surface area contributed by atoms with Gasteiger partial charge < -0.3 is 5.11 Å². The average molecular weight is 771 g/mol. The van der Waals surface area contributed by atoms with Crippen molar-refractivity contribution < 1.29 is 30.0 Å². The second-order valence-electron chi connectivity index (χ2n) is 15.2. The fourth-order valence-corrected chi connectivity index (χ4v) is 3.97. The van der Waals surface area contributed by atoms with Gasteiger partial charge in [-0.15, -0.1) is 23.6 Å². The molecule has 44 heavy (non-hydrogen) atoms. The standard InChI is InChI=1S/C27H28N3.C11H20O2.Ir/c1-26(2,3)23-17-24(27(4,5)6)30-25(29-23)21-16-19(22-13-9-10-14-28-22)15-18-11-7-8-12-20(18)21;1-10(2,3)8(12)7-9(13)11(4,5)6;/h7-14,16-17H,1-6H3;7,12H,1-6H3;/q-1;;. The molecule has 0 saturated carbocycles. The summed E-state index contributed by atoms with van der Waals surface area (Å²) in [7, 11) is 0. The summed E-state index contributed by atoms with van der Waals surface area (Å²) in [6.45, 7) is 24.3. The van der Waals surface area contributed by atoms with Gasteiger partial charge in [-0.25, -0.2) is 9.97 Å². The Morgan fingerprint density at radius 2 is 1.30 bits per heavy atom. The van der Waals surface area contributed by atoms with Gasteiger partial charge in [0, 0.05) is 59.7 Å². The van der Waals surface area contributed by atoms with E-state index in [-0.39, 0.29) is 47.9 Å². The molecular formula is C38H48IrN3O2-. The van der Waals surface area contributed by atoms with Gasteiger partial charge in [0.1, 0.15) is 11.6 Å². The van der Waals surface area contributed by atoms with Crippen LogP contribution in [0.1, 0.15) is 94.5 Å². The maximum Gasteiger partial charge on any atom is 0.164 e. The Balaban J connectivity index is 0.000000412. The van der Waals surface area contributed by atoms with Crippen LogP contribution in [0.15, 0.2) is 72.6 Å². The summed E-state index contributed by atoms with van der Waals surface area (Å²) in [5.74, 6) is 0.863. The summed E-state index contributed by atoms with van der Waals surface area (Å²) in [6.07, 6.45) is 3.15. The third-order valence-electron chi connectivity index (χ3n) is 7.00. The normalized spacial score (nSPS) is 12.7. The number of pyridine rings is 1. The molecule has 0 atom stereocenters. The van der Waals surface area contributed by atoms with Crippen molar-refractivity contribution in [2.24, 2.45) is 10.8 Å². The first-order valence-electron chi connectivity index (χ1n) is 14.9. The minimum atomic E-state index is -0.417. The van der Waals surface area contributed by atoms with Gasteiger partial charge in [-0.3, -0.25) is 9.78 Å². The fourth-order valence-electron chi connectivity index (χ4n) is 3.97. The number of aliphatic hydroxyl groups excluding tert-OH is 1. The first kappa shape index (κ1) is 37.0. The van der Waals surface area contributed by atoms with Crippen LogP contribution in [-0.2, 0) is 35.7 Å². The van der Waals surface area contributed by atoms with Crippen LogP contribution >= 0.6 is 0 Å². The first-order valence-corrected chi connectivity index (χ1v) is 14.9. The van der Waals surface area contributed by atoms with Crippen molar-refractivity contribution in [3.8, 4) is 22.6 Å². The fraction of sp³-hybridized carbons (Fsp3) is 0.421. The Morgan fingerprint density at radius 1 is 0.750 bits per heavy atom. The predicted octanol–water partition coefficient (Wildman–Crippen LogP) is 9.84. The number of carbonyl (C=O) groups excluding carboxylic acids is 1. The van der Waals surface area contributed by atoms with E-state index in [9.17, 15) is 9.90 Å². The second kappa shape index (κ2) is 13.8. The number of aliphatic hydroxyl groups is 1. The number of nitrogens with zero attached hydrogens (tertiary/aromatic N) is 3. The molecule has 237 valence electrons. The van der Waals surface area contributed by atoms with Gasteiger partial charge in [0.2, 0.25) is 0 Å². The molecule has 4 aromatic rings. The summed E-state index contributed by atoms with van der Waals surface area (Å²) in [5, 5.41) is 11.7. The number of rotatable bonds is 3. The third kappa shape index (κ3) is 9.64. The maximum atomic E-state index is 11.5. The Hall–Kier alpha value is -3.21. The first-order chi connectivity index (χ1) is 19.7. The van der Waals surface area contributed by atoms with Crippen LogP contribution in [-0.4, -0.2) is 25.8 Å². The monoisotopic (exact) mass is 771 g/mol. The molecule has 4 rings (SSSR count). The molecular weight excluding hydrogens is 723 g/mol. The molecule has 0 aliphatic carbocycles. The third-order valence-corrected chi connectivity index (χ3v) is 7.00. The van der Waals surface area contributed by atoms with E-state index in [0.717, 1.165) is 44.8 Å². The molecule has 0 aliphatic heterocycles. The van der Waals surface area contributed by atoms with E-state index >= 15 is 0 Å². The molecule has 6 heteroatoms. The summed E-state index contributed by atoms with van der Waals surface area (Å²) < 4.78 is 0. The second-order valence-corrected chi connectivity index (χ2v) is 15.2. The predicted molar refractivity (Wildman–Crippen MR) is 179 cm³/mol. The molecule has 1 radical (unpaired) electrons. The molecule has 1 N–H and O–H groups in total. The number of hydrogen-bond acceptors (Lipinski definition) is 5. The Labute approximate surface area is 278 Å². The SMILES string of the molecule is CC(C)(C)C(=O)C=C(O)C(C)(C)C.CC(C)(C)c1cc(C(C)(C)C)nc(-c2cc(-c3ccccn3)[c-]c3ccccc23)n1.[Ir]. The largest absolute Gasteiger partial charge is 0.512 e. The van der Waals surface area contributed by atoms with Crippen molar-refractivity contribution in [3.05, 3.63) is 90.1 Å². The van der Waals surface area contributed by atoms with Gasteiger partial charge >= 0.3 is 0 Å². The number of ketones is 1. The number of aromatic nitrogens is 3. The summed E-state index contributed by atoms with van der Waals surface area (Å²) in [5.41, 5.74) is 4.05. The molecule has 0 spiro atoms. The van der Waals surface area contributed by atoms with Crippen LogP contribution in [0.3, 0.4) is 0 Å². The zero-order valence-electron chi connectivity index (χ0n) is 28.4. The van der Waals surface area contributed by atoms with Gasteiger partial charge in [-0.1, -0.05) is 124 Å². The number of allylic oxidation sites excluding steroid dienone is 2. The van der Waals surface area contributed by atoms with E-state index in [1.54, 1.807) is 0 Å². The molecule has 0 amide bonds. The zero-order valence-corrected chi connectivity index (χ0v) is 30.8. The molecule has 0 aliphatic rings. The maximum absolute atomic E-state index is 11.5. The van der Waals surface area contributed by atoms with E-state index in [1.165, 1.54) is 6.08 Å². The van der Waals surface area contributed by atoms with Crippen LogP contribution < -0.4 is 0 Å². The molecule has 2 aromatic heterocycles. The quantitative estimate of drug-likeness (QED) is 0.128. The minimum absolute atomic E-state index is 0. The number of hydrogen-bond donors (Lipinski definition) is 1. The van der Waals surface area contributed by atoms with Crippen LogP contribution in [0.2, 0.25) is 0 Å². The molecule has 2 heterocycles. The van der Waals surface area contributed by atoms with E-state index in [0.29, 0.717) is 0 Å². The van der Waals surface area contributed by atoms with Crippen molar-refractivity contribution in [1.82, 2.24) is 15.0 Å². The molecule has 0 saturated heterocycles. The zero-order chi connectivity index (χ0) is 32.4. The molecule has 0 unspecified atom stereocenters. The Morgan fingerprint density at radius 3 is 1.77 bits per heavy atom. The number of benzene rings is 2. The van der Waals surface area contributed by atoms with Crippen molar-refractivity contribution >= 4 is 16.6 Å². The van der Waals surface area contributed by atoms with E-state index in [4.69, 9.17) is 9.97 Å². The van der Waals surface area contributed by atoms with Crippen LogP contribution in [0, 0.1) is 16.9 Å². The van der Waals surface area contributed by atoms with Gasteiger partial charge in [-0.05, 0) is 17.7 Å². The van der Waals surface area contributed by atoms with Gasteiger partial charge in [0.25, 0.3) is 0 Å². The van der Waals surface area contributed by atoms with Gasteiger partial charge in [0.15, 0.2) is 5.78 Å². The van der Waals surface area contributed by atoms with E-state index in [1.807, 2.05) is 72.0 Å². The number of carbonyl (C=O) groups is 1. The van der Waals surface area contributed by atoms with Crippen LogP contribution in [0.4, 0.5) is 0 Å². The summed E-state index contributed by atoms with van der Waals surface area (Å²) >= 11 is 0. The topological polar surface area (TPSA) is 76.0 Å². The van der Waals surface area contributed by atoms with Crippen molar-refractivity contribution in [2.75, 3.05) is 0 Å². The molecule has 0 bridgehead atoms. The van der Waals surface area contributed by atoms with E-state index in [2.05, 4.69) is 82.9 Å². The van der Waals surface area contributed by atoms with E-state index < -0.39 is 5.41 Å². The Kier molecular flexibility index (Phi) is 11.6. The summed E-state index contributed by atoms with van der Waals surface area (Å²) in [6, 6.07) is 22.0. The molecule has 2 aromatic carbocycles. The molecule has 5 nitrogen and oxygen atoms in total. The van der Waals surface area contributed by atoms with Crippen molar-refractivity contribution in [3.63, 3.8) is 0 Å². The van der Waals surface area contributed by atoms with Crippen molar-refractivity contribution in [2.45, 2.75) is 93.9 Å². The van der Waals surface area contributed by atoms with Gasteiger partial charge in [0.05, 0.1) is 11.4 Å². The van der Waals surface area contributed by atoms with Crippen LogP contribution in [0.25, 0.3) is 33.4 Å². The van der Waals surface area contributed by atoms with Gasteiger partial charge in [-0.2, -0.15) is 0 Å². The average Bonchev–Trinajstić information content (AvgIpc) is 2.91. The Bertz CT molecular complexity index is 1580. The van der Waals surface area contributed by atoms with Crippen molar-refractivity contribution in [1.29, 1.82) is 0 Å². The smallest absolute Gasteiger partial charge is 0.164 e. The number of fused-ring (bicyclic) bond motifs is 1. The minimum Gasteiger partial charge on any atom is -0.512 e. The molecule has 0 fully saturated rings. The summed E-state index contributed by atoms with van der Waals surface area (Å²) in [4.78, 5) is 26.1.